The van der Waals surface area contributed by atoms with Gasteiger partial charge >= 0.3 is 0 Å². The molecule has 0 radical (unpaired) electrons. The Bertz CT molecular complexity index is 466. The molecule has 0 saturated heterocycles. The topological polar surface area (TPSA) is 55.1 Å². The van der Waals surface area contributed by atoms with Gasteiger partial charge in [0.05, 0.1) is 0 Å². The van der Waals surface area contributed by atoms with Gasteiger partial charge in [-0.05, 0) is 30.4 Å². The van der Waals surface area contributed by atoms with Crippen LogP contribution in [0.15, 0.2) is 24.3 Å². The quantitative estimate of drug-likeness (QED) is 0.800. The summed E-state index contributed by atoms with van der Waals surface area (Å²) in [6, 6.07) is 7.10. The standard InChI is InChI=1S/C13H16N2OS/c1-13(5-6-13)8-15-12(16)10-4-2-3-9(7-10)11(14)17/h2-4,7H,5-6,8H2,1H3,(H2,14,17)(H,15,16). The van der Waals surface area contributed by atoms with E-state index in [0.29, 0.717) is 16.0 Å². The number of nitrogens with one attached hydrogen (secondary N) is 1. The molecule has 2 rings (SSSR count). The van der Waals surface area contributed by atoms with Gasteiger partial charge in [0.1, 0.15) is 4.99 Å². The van der Waals surface area contributed by atoms with Crippen LogP contribution in [0.2, 0.25) is 0 Å². The molecule has 1 saturated carbocycles. The average Bonchev–Trinajstić information content (AvgIpc) is 3.05. The molecule has 90 valence electrons. The summed E-state index contributed by atoms with van der Waals surface area (Å²) in [4.78, 5) is 12.2. The van der Waals surface area contributed by atoms with Crippen LogP contribution < -0.4 is 11.1 Å². The smallest absolute Gasteiger partial charge is 0.251 e. The third kappa shape index (κ3) is 3.03. The van der Waals surface area contributed by atoms with Gasteiger partial charge in [0.25, 0.3) is 5.91 Å². The normalized spacial score (nSPS) is 16.3. The zero-order chi connectivity index (χ0) is 12.5. The molecule has 0 aromatic heterocycles. The molecule has 1 aromatic rings. The molecule has 1 aromatic carbocycles. The molecule has 3 nitrogen and oxygen atoms in total. The first-order valence-electron chi connectivity index (χ1n) is 5.68. The summed E-state index contributed by atoms with van der Waals surface area (Å²) in [5.41, 5.74) is 7.19. The van der Waals surface area contributed by atoms with E-state index in [1.165, 1.54) is 12.8 Å². The maximum atomic E-state index is 11.9. The van der Waals surface area contributed by atoms with Gasteiger partial charge in [-0.15, -0.1) is 0 Å². The molecular weight excluding hydrogens is 232 g/mol. The molecule has 4 heteroatoms. The van der Waals surface area contributed by atoms with Crippen LogP contribution in [0.25, 0.3) is 0 Å². The first-order valence-corrected chi connectivity index (χ1v) is 6.09. The molecular formula is C13H16N2OS. The van der Waals surface area contributed by atoms with Crippen LogP contribution in [0, 0.1) is 5.41 Å². The summed E-state index contributed by atoms with van der Waals surface area (Å²) in [6.07, 6.45) is 2.39. The Labute approximate surface area is 106 Å². The van der Waals surface area contributed by atoms with E-state index in [9.17, 15) is 4.79 Å². The largest absolute Gasteiger partial charge is 0.389 e. The van der Waals surface area contributed by atoms with Crippen molar-refractivity contribution in [1.82, 2.24) is 5.32 Å². The number of hydrogen-bond acceptors (Lipinski definition) is 2. The minimum atomic E-state index is -0.0591. The molecule has 1 aliphatic carbocycles. The average molecular weight is 248 g/mol. The minimum Gasteiger partial charge on any atom is -0.389 e. The summed E-state index contributed by atoms with van der Waals surface area (Å²) in [5.74, 6) is -0.0591. The highest BCUT2D eigenvalue weighted by Crippen LogP contribution is 2.44. The second kappa shape index (κ2) is 4.45. The molecule has 0 heterocycles. The van der Waals surface area contributed by atoms with Crippen LogP contribution in [0.3, 0.4) is 0 Å². The van der Waals surface area contributed by atoms with Crippen molar-refractivity contribution in [2.24, 2.45) is 11.1 Å². The summed E-state index contributed by atoms with van der Waals surface area (Å²) in [7, 11) is 0. The predicted molar refractivity (Wildman–Crippen MR) is 72.0 cm³/mol. The highest BCUT2D eigenvalue weighted by Gasteiger charge is 2.37. The lowest BCUT2D eigenvalue weighted by atomic mass is 10.1. The molecule has 17 heavy (non-hydrogen) atoms. The molecule has 0 spiro atoms. The molecule has 1 amide bonds. The van der Waals surface area contributed by atoms with E-state index in [0.717, 1.165) is 12.1 Å². The lowest BCUT2D eigenvalue weighted by Gasteiger charge is -2.10. The third-order valence-electron chi connectivity index (χ3n) is 3.19. The Hall–Kier alpha value is -1.42. The molecule has 0 aliphatic heterocycles. The van der Waals surface area contributed by atoms with E-state index in [1.807, 2.05) is 0 Å². The first kappa shape index (κ1) is 12.0. The Kier molecular flexibility index (Phi) is 3.15. The van der Waals surface area contributed by atoms with E-state index in [4.69, 9.17) is 18.0 Å². The van der Waals surface area contributed by atoms with Crippen molar-refractivity contribution in [1.29, 1.82) is 0 Å². The Morgan fingerprint density at radius 2 is 2.12 bits per heavy atom. The van der Waals surface area contributed by atoms with E-state index in [-0.39, 0.29) is 5.91 Å². The number of thiocarbonyl (C=S) groups is 1. The van der Waals surface area contributed by atoms with Gasteiger partial charge < -0.3 is 11.1 Å². The van der Waals surface area contributed by atoms with Crippen LogP contribution in [0.1, 0.15) is 35.7 Å². The maximum absolute atomic E-state index is 11.9. The van der Waals surface area contributed by atoms with Crippen molar-refractivity contribution >= 4 is 23.1 Å². The molecule has 1 aliphatic rings. The molecule has 3 N–H and O–H groups in total. The van der Waals surface area contributed by atoms with E-state index < -0.39 is 0 Å². The third-order valence-corrected chi connectivity index (χ3v) is 3.42. The van der Waals surface area contributed by atoms with Crippen LogP contribution in [-0.2, 0) is 0 Å². The molecule has 1 fully saturated rings. The van der Waals surface area contributed by atoms with Crippen LogP contribution in [0.5, 0.6) is 0 Å². The number of hydrogen-bond donors (Lipinski definition) is 2. The first-order chi connectivity index (χ1) is 8.00. The Morgan fingerprint density at radius 1 is 1.47 bits per heavy atom. The number of nitrogens with two attached hydrogens (primary N) is 1. The number of rotatable bonds is 4. The monoisotopic (exact) mass is 248 g/mol. The predicted octanol–water partition coefficient (Wildman–Crippen LogP) is 1.85. The van der Waals surface area contributed by atoms with Crippen molar-refractivity contribution < 1.29 is 4.79 Å². The molecule has 0 bridgehead atoms. The second-order valence-electron chi connectivity index (χ2n) is 4.94. The number of benzene rings is 1. The number of amides is 1. The van der Waals surface area contributed by atoms with Crippen molar-refractivity contribution in [2.45, 2.75) is 19.8 Å². The molecule has 0 atom stereocenters. The van der Waals surface area contributed by atoms with E-state index in [2.05, 4.69) is 12.2 Å². The van der Waals surface area contributed by atoms with Gasteiger partial charge in [-0.3, -0.25) is 4.79 Å². The summed E-state index contributed by atoms with van der Waals surface area (Å²) >= 11 is 4.89. The summed E-state index contributed by atoms with van der Waals surface area (Å²) in [6.45, 7) is 2.92. The van der Waals surface area contributed by atoms with Gasteiger partial charge in [-0.25, -0.2) is 0 Å². The van der Waals surface area contributed by atoms with E-state index >= 15 is 0 Å². The Balaban J connectivity index is 2.03. The van der Waals surface area contributed by atoms with Crippen LogP contribution in [-0.4, -0.2) is 17.4 Å². The van der Waals surface area contributed by atoms with Crippen molar-refractivity contribution in [2.75, 3.05) is 6.54 Å². The fourth-order valence-electron chi connectivity index (χ4n) is 1.60. The SMILES string of the molecule is CC1(CNC(=O)c2cccc(C(N)=S)c2)CC1. The molecule has 0 unspecified atom stereocenters. The fourth-order valence-corrected chi connectivity index (χ4v) is 1.73. The van der Waals surface area contributed by atoms with E-state index in [1.54, 1.807) is 24.3 Å². The zero-order valence-electron chi connectivity index (χ0n) is 9.82. The zero-order valence-corrected chi connectivity index (χ0v) is 10.6. The lowest BCUT2D eigenvalue weighted by Crippen LogP contribution is -2.29. The van der Waals surface area contributed by atoms with Gasteiger partial charge in [0.15, 0.2) is 0 Å². The van der Waals surface area contributed by atoms with Crippen LogP contribution in [0.4, 0.5) is 0 Å². The fraction of sp³-hybridized carbons (Fsp3) is 0.385. The van der Waals surface area contributed by atoms with Gasteiger partial charge in [0, 0.05) is 17.7 Å². The lowest BCUT2D eigenvalue weighted by molar-refractivity contribution is 0.0946. The highest BCUT2D eigenvalue weighted by atomic mass is 32.1. The van der Waals surface area contributed by atoms with Crippen molar-refractivity contribution in [3.63, 3.8) is 0 Å². The number of carbonyl (C=O) groups is 1. The maximum Gasteiger partial charge on any atom is 0.251 e. The van der Waals surface area contributed by atoms with Gasteiger partial charge in [-0.2, -0.15) is 0 Å². The highest BCUT2D eigenvalue weighted by molar-refractivity contribution is 7.80. The number of carbonyl (C=O) groups excluding carboxylic acids is 1. The van der Waals surface area contributed by atoms with Crippen molar-refractivity contribution in [3.8, 4) is 0 Å². The Morgan fingerprint density at radius 3 is 2.71 bits per heavy atom. The second-order valence-corrected chi connectivity index (χ2v) is 5.38. The van der Waals surface area contributed by atoms with Gasteiger partial charge in [0.2, 0.25) is 0 Å². The van der Waals surface area contributed by atoms with Crippen LogP contribution >= 0.6 is 12.2 Å². The van der Waals surface area contributed by atoms with Crippen molar-refractivity contribution in [3.05, 3.63) is 35.4 Å². The summed E-state index contributed by atoms with van der Waals surface area (Å²) in [5, 5.41) is 2.94. The minimum absolute atomic E-state index is 0.0591. The van der Waals surface area contributed by atoms with Gasteiger partial charge in [-0.1, -0.05) is 31.3 Å². The summed E-state index contributed by atoms with van der Waals surface area (Å²) < 4.78 is 0.